The van der Waals surface area contributed by atoms with Crippen molar-refractivity contribution in [2.45, 2.75) is 39.3 Å². The van der Waals surface area contributed by atoms with Crippen LogP contribution in [0.1, 0.15) is 44.8 Å². The summed E-state index contributed by atoms with van der Waals surface area (Å²) in [7, 11) is 0. The van der Waals surface area contributed by atoms with Gasteiger partial charge >= 0.3 is 0 Å². The molecule has 0 radical (unpaired) electrons. The van der Waals surface area contributed by atoms with E-state index in [1.165, 1.54) is 5.56 Å². The molecule has 4 nitrogen and oxygen atoms in total. The zero-order chi connectivity index (χ0) is 13.8. The first kappa shape index (κ1) is 13.5. The van der Waals surface area contributed by atoms with Gasteiger partial charge in [0.1, 0.15) is 11.9 Å². The minimum Gasteiger partial charge on any atom is -0.506 e. The van der Waals surface area contributed by atoms with E-state index in [9.17, 15) is 5.11 Å². The van der Waals surface area contributed by atoms with Gasteiger partial charge < -0.3 is 15.0 Å². The summed E-state index contributed by atoms with van der Waals surface area (Å²) in [6.07, 6.45) is 6.52. The zero-order valence-corrected chi connectivity index (χ0v) is 11.7. The number of nitrogens with zero attached hydrogens (tertiary/aromatic N) is 2. The number of hydrogen-bond donors (Lipinski definition) is 2. The third kappa shape index (κ3) is 3.08. The Labute approximate surface area is 114 Å². The van der Waals surface area contributed by atoms with Crippen LogP contribution in [0.5, 0.6) is 5.75 Å². The lowest BCUT2D eigenvalue weighted by atomic mass is 9.98. The highest BCUT2D eigenvalue weighted by molar-refractivity contribution is 5.58. The number of aromatic nitrogens is 2. The minimum atomic E-state index is 0.0422. The number of phenols is 1. The van der Waals surface area contributed by atoms with Crippen LogP contribution in [-0.2, 0) is 0 Å². The fourth-order valence-corrected chi connectivity index (χ4v) is 2.01. The predicted molar refractivity (Wildman–Crippen MR) is 77.4 cm³/mol. The van der Waals surface area contributed by atoms with Crippen molar-refractivity contribution in [2.24, 2.45) is 0 Å². The predicted octanol–water partition coefficient (Wildman–Crippen LogP) is 3.73. The fourth-order valence-electron chi connectivity index (χ4n) is 2.01. The molecule has 0 aliphatic carbocycles. The summed E-state index contributed by atoms with van der Waals surface area (Å²) in [5.41, 5.74) is 2.00. The maximum absolute atomic E-state index is 9.95. The van der Waals surface area contributed by atoms with Gasteiger partial charge in [-0.15, -0.1) is 0 Å². The molecule has 4 heteroatoms. The number of phenolic OH excluding ortho intramolecular Hbond substituents is 1. The first-order chi connectivity index (χ1) is 9.11. The molecule has 1 aromatic carbocycles. The van der Waals surface area contributed by atoms with E-state index in [-0.39, 0.29) is 11.9 Å². The molecule has 0 bridgehead atoms. The molecule has 1 heterocycles. The third-order valence-electron chi connectivity index (χ3n) is 3.54. The maximum Gasteiger partial charge on any atom is 0.138 e. The average molecular weight is 259 g/mol. The molecule has 1 aromatic heterocycles. The van der Waals surface area contributed by atoms with Crippen LogP contribution in [0.3, 0.4) is 0 Å². The molecule has 2 rings (SSSR count). The van der Waals surface area contributed by atoms with Crippen LogP contribution in [-0.4, -0.2) is 14.7 Å². The van der Waals surface area contributed by atoms with Gasteiger partial charge in [-0.1, -0.05) is 19.9 Å². The standard InChI is InChI=1S/C15H21N3O/c1-4-11(2)13-5-6-15(19)14(9-13)17-12(3)18-8-7-16-10-18/h5-12,17,19H,4H2,1-3H3. The smallest absolute Gasteiger partial charge is 0.138 e. The number of aromatic hydroxyl groups is 1. The van der Waals surface area contributed by atoms with E-state index >= 15 is 0 Å². The van der Waals surface area contributed by atoms with Crippen LogP contribution in [0.25, 0.3) is 0 Å². The summed E-state index contributed by atoms with van der Waals surface area (Å²) in [5, 5.41) is 13.3. The van der Waals surface area contributed by atoms with Crippen molar-refractivity contribution in [3.63, 3.8) is 0 Å². The SMILES string of the molecule is CCC(C)c1ccc(O)c(NC(C)n2ccnc2)c1. The second-order valence-electron chi connectivity index (χ2n) is 4.92. The summed E-state index contributed by atoms with van der Waals surface area (Å²) in [6.45, 7) is 6.38. The Bertz CT molecular complexity index is 522. The molecule has 0 aliphatic rings. The van der Waals surface area contributed by atoms with Crippen LogP contribution < -0.4 is 5.32 Å². The van der Waals surface area contributed by atoms with Gasteiger partial charge in [-0.2, -0.15) is 0 Å². The molecule has 2 aromatic rings. The van der Waals surface area contributed by atoms with Crippen molar-refractivity contribution >= 4 is 5.69 Å². The van der Waals surface area contributed by atoms with Crippen molar-refractivity contribution in [3.05, 3.63) is 42.5 Å². The highest BCUT2D eigenvalue weighted by atomic mass is 16.3. The Hall–Kier alpha value is -1.97. The molecule has 0 amide bonds. The molecule has 102 valence electrons. The van der Waals surface area contributed by atoms with Crippen LogP contribution >= 0.6 is 0 Å². The Morgan fingerprint density at radius 1 is 1.37 bits per heavy atom. The number of rotatable bonds is 5. The van der Waals surface area contributed by atoms with Gasteiger partial charge in [0.15, 0.2) is 0 Å². The molecule has 0 saturated heterocycles. The summed E-state index contributed by atoms with van der Waals surface area (Å²) < 4.78 is 1.95. The molecular formula is C15H21N3O. The van der Waals surface area contributed by atoms with Crippen LogP contribution in [0.15, 0.2) is 36.9 Å². The van der Waals surface area contributed by atoms with Gasteiger partial charge in [-0.3, -0.25) is 0 Å². The number of benzene rings is 1. The summed E-state index contributed by atoms with van der Waals surface area (Å²) in [6, 6.07) is 5.76. The lowest BCUT2D eigenvalue weighted by Gasteiger charge is -2.19. The van der Waals surface area contributed by atoms with Crippen molar-refractivity contribution < 1.29 is 5.11 Å². The molecule has 0 aliphatic heterocycles. The summed E-state index contributed by atoms with van der Waals surface area (Å²) >= 11 is 0. The van der Waals surface area contributed by atoms with E-state index in [1.807, 2.05) is 29.8 Å². The highest BCUT2D eigenvalue weighted by Gasteiger charge is 2.10. The van der Waals surface area contributed by atoms with Crippen LogP contribution in [0.2, 0.25) is 0 Å². The minimum absolute atomic E-state index is 0.0422. The van der Waals surface area contributed by atoms with Gasteiger partial charge in [0.25, 0.3) is 0 Å². The van der Waals surface area contributed by atoms with Crippen molar-refractivity contribution in [2.75, 3.05) is 5.32 Å². The van der Waals surface area contributed by atoms with E-state index in [4.69, 9.17) is 0 Å². The van der Waals surface area contributed by atoms with Gasteiger partial charge in [0.2, 0.25) is 0 Å². The number of hydrogen-bond acceptors (Lipinski definition) is 3. The molecule has 19 heavy (non-hydrogen) atoms. The average Bonchev–Trinajstić information content (AvgIpc) is 2.94. The van der Waals surface area contributed by atoms with Crippen molar-refractivity contribution in [3.8, 4) is 5.75 Å². The molecule has 2 atom stereocenters. The van der Waals surface area contributed by atoms with E-state index < -0.39 is 0 Å². The quantitative estimate of drug-likeness (QED) is 0.804. The van der Waals surface area contributed by atoms with Gasteiger partial charge in [0.05, 0.1) is 12.0 Å². The van der Waals surface area contributed by atoms with E-state index in [2.05, 4.69) is 24.1 Å². The molecule has 0 fully saturated rings. The molecule has 2 unspecified atom stereocenters. The Morgan fingerprint density at radius 2 is 2.16 bits per heavy atom. The Morgan fingerprint density at radius 3 is 2.79 bits per heavy atom. The summed E-state index contributed by atoms with van der Waals surface area (Å²) in [5.74, 6) is 0.767. The van der Waals surface area contributed by atoms with E-state index in [0.717, 1.165) is 12.1 Å². The topological polar surface area (TPSA) is 50.1 Å². The largest absolute Gasteiger partial charge is 0.506 e. The van der Waals surface area contributed by atoms with Crippen molar-refractivity contribution in [1.29, 1.82) is 0 Å². The fraction of sp³-hybridized carbons (Fsp3) is 0.400. The van der Waals surface area contributed by atoms with Gasteiger partial charge in [0, 0.05) is 12.4 Å². The van der Waals surface area contributed by atoms with Crippen molar-refractivity contribution in [1.82, 2.24) is 9.55 Å². The lowest BCUT2D eigenvalue weighted by Crippen LogP contribution is -2.13. The van der Waals surface area contributed by atoms with Gasteiger partial charge in [-0.05, 0) is 37.0 Å². The summed E-state index contributed by atoms with van der Waals surface area (Å²) in [4.78, 5) is 4.03. The van der Waals surface area contributed by atoms with E-state index in [1.54, 1.807) is 18.6 Å². The molecule has 0 spiro atoms. The second kappa shape index (κ2) is 5.78. The molecule has 2 N–H and O–H groups in total. The zero-order valence-electron chi connectivity index (χ0n) is 11.7. The molecule has 0 saturated carbocycles. The van der Waals surface area contributed by atoms with E-state index in [0.29, 0.717) is 5.92 Å². The number of imidazole rings is 1. The normalized spacial score (nSPS) is 14.1. The first-order valence-corrected chi connectivity index (χ1v) is 6.68. The number of nitrogens with one attached hydrogen (secondary N) is 1. The maximum atomic E-state index is 9.95. The lowest BCUT2D eigenvalue weighted by molar-refractivity contribution is 0.474. The monoisotopic (exact) mass is 259 g/mol. The third-order valence-corrected chi connectivity index (χ3v) is 3.54. The van der Waals surface area contributed by atoms with Crippen LogP contribution in [0.4, 0.5) is 5.69 Å². The Balaban J connectivity index is 2.19. The second-order valence-corrected chi connectivity index (χ2v) is 4.92. The first-order valence-electron chi connectivity index (χ1n) is 6.68. The number of anilines is 1. The van der Waals surface area contributed by atoms with Crippen LogP contribution in [0, 0.1) is 0 Å². The molecular weight excluding hydrogens is 238 g/mol. The Kier molecular flexibility index (Phi) is 4.10. The van der Waals surface area contributed by atoms with Gasteiger partial charge in [-0.25, -0.2) is 4.98 Å². The highest BCUT2D eigenvalue weighted by Crippen LogP contribution is 2.30.